The van der Waals surface area contributed by atoms with Crippen LogP contribution >= 0.6 is 23.5 Å². The van der Waals surface area contributed by atoms with E-state index in [4.69, 9.17) is 9.52 Å². The van der Waals surface area contributed by atoms with Gasteiger partial charge in [0.25, 0.3) is 11.7 Å². The Balaban J connectivity index is 2.10. The first kappa shape index (κ1) is 16.2. The zero-order valence-corrected chi connectivity index (χ0v) is 12.6. The fourth-order valence-electron chi connectivity index (χ4n) is 1.98. The number of hydrogen-bond donors (Lipinski definition) is 1. The minimum atomic E-state index is -2.51. The van der Waals surface area contributed by atoms with E-state index >= 15 is 0 Å². The van der Waals surface area contributed by atoms with Crippen molar-refractivity contribution in [2.24, 2.45) is 0 Å². The summed E-state index contributed by atoms with van der Waals surface area (Å²) in [5.41, 5.74) is 0. The predicted octanol–water partition coefficient (Wildman–Crippen LogP) is 2.72. The van der Waals surface area contributed by atoms with Crippen LogP contribution in [-0.2, 0) is 10.5 Å². The summed E-state index contributed by atoms with van der Waals surface area (Å²) >= 11 is 1.76. The van der Waals surface area contributed by atoms with Gasteiger partial charge in [-0.25, -0.2) is 4.79 Å². The highest BCUT2D eigenvalue weighted by Crippen LogP contribution is 2.31. The molecule has 0 aliphatic carbocycles. The second-order valence-electron chi connectivity index (χ2n) is 4.34. The Kier molecular flexibility index (Phi) is 5.15. The Hall–Kier alpha value is -1.22. The molecule has 2 heterocycles. The monoisotopic (exact) mass is 337 g/mol. The fraction of sp³-hybridized carbons (Fsp3) is 0.500. The summed E-state index contributed by atoms with van der Waals surface area (Å²) in [6.07, 6.45) is 0. The van der Waals surface area contributed by atoms with Crippen LogP contribution in [-0.4, -0.2) is 44.8 Å². The van der Waals surface area contributed by atoms with Gasteiger partial charge in [-0.15, -0.1) is 11.8 Å². The average Bonchev–Trinajstić information content (AvgIpc) is 3.02. The Morgan fingerprint density at radius 3 is 2.90 bits per heavy atom. The number of carboxylic acid groups (broad SMARTS) is 1. The third kappa shape index (κ3) is 3.70. The first-order valence-corrected chi connectivity index (χ1v) is 8.15. The number of furan rings is 1. The molecule has 1 amide bonds. The van der Waals surface area contributed by atoms with Gasteiger partial charge in [0.2, 0.25) is 0 Å². The summed E-state index contributed by atoms with van der Waals surface area (Å²) in [6, 6.07) is 1.94. The summed E-state index contributed by atoms with van der Waals surface area (Å²) in [5.74, 6) is -3.61. The van der Waals surface area contributed by atoms with E-state index in [0.29, 0.717) is 17.5 Å². The molecule has 21 heavy (non-hydrogen) atoms. The highest BCUT2D eigenvalue weighted by atomic mass is 32.2. The van der Waals surface area contributed by atoms with E-state index in [1.165, 1.54) is 28.8 Å². The van der Waals surface area contributed by atoms with Gasteiger partial charge in [0, 0.05) is 5.75 Å². The van der Waals surface area contributed by atoms with Crippen molar-refractivity contribution < 1.29 is 27.9 Å². The number of carboxylic acids is 1. The summed E-state index contributed by atoms with van der Waals surface area (Å²) in [4.78, 5) is 24.7. The quantitative estimate of drug-likeness (QED) is 0.891. The molecule has 1 aliphatic rings. The molecule has 0 saturated carbocycles. The van der Waals surface area contributed by atoms with Crippen LogP contribution in [0.2, 0.25) is 0 Å². The van der Waals surface area contributed by atoms with Crippen LogP contribution in [0.3, 0.4) is 0 Å². The Morgan fingerprint density at radius 2 is 2.29 bits per heavy atom. The molecular weight excluding hydrogens is 324 g/mol. The van der Waals surface area contributed by atoms with Crippen molar-refractivity contribution in [3.63, 3.8) is 0 Å². The molecule has 116 valence electrons. The number of alkyl halides is 2. The molecule has 2 unspecified atom stereocenters. The highest BCUT2D eigenvalue weighted by Gasteiger charge is 2.40. The van der Waals surface area contributed by atoms with E-state index < -0.39 is 23.7 Å². The minimum absolute atomic E-state index is 0.0273. The van der Waals surface area contributed by atoms with Crippen LogP contribution in [0.1, 0.15) is 23.2 Å². The maximum atomic E-state index is 12.3. The van der Waals surface area contributed by atoms with Gasteiger partial charge in [0.15, 0.2) is 5.76 Å². The van der Waals surface area contributed by atoms with Gasteiger partial charge in [-0.05, 0) is 19.1 Å². The van der Waals surface area contributed by atoms with E-state index in [-0.39, 0.29) is 22.6 Å². The first-order chi connectivity index (χ1) is 9.90. The maximum Gasteiger partial charge on any atom is 0.327 e. The molecule has 2 atom stereocenters. The first-order valence-electron chi connectivity index (χ1n) is 6.05. The van der Waals surface area contributed by atoms with Crippen molar-refractivity contribution in [2.45, 2.75) is 29.8 Å². The Bertz CT molecular complexity index is 537. The van der Waals surface area contributed by atoms with Gasteiger partial charge < -0.3 is 14.4 Å². The average molecular weight is 337 g/mol. The molecule has 1 aromatic heterocycles. The summed E-state index contributed by atoms with van der Waals surface area (Å²) in [7, 11) is 0. The summed E-state index contributed by atoms with van der Waals surface area (Å²) < 4.78 is 29.4. The zero-order valence-electron chi connectivity index (χ0n) is 11.0. The van der Waals surface area contributed by atoms with Gasteiger partial charge >= 0.3 is 5.97 Å². The van der Waals surface area contributed by atoms with Gasteiger partial charge in [-0.1, -0.05) is 11.8 Å². The molecule has 9 heteroatoms. The number of thioether (sulfide) groups is 2. The van der Waals surface area contributed by atoms with Gasteiger partial charge in [-0.3, -0.25) is 4.79 Å². The van der Waals surface area contributed by atoms with E-state index in [2.05, 4.69) is 0 Å². The third-order valence-electron chi connectivity index (χ3n) is 2.97. The Morgan fingerprint density at radius 1 is 1.57 bits per heavy atom. The second-order valence-corrected chi connectivity index (χ2v) is 6.66. The molecule has 0 spiro atoms. The molecule has 1 aromatic rings. The molecule has 0 bridgehead atoms. The van der Waals surface area contributed by atoms with Gasteiger partial charge in [0.1, 0.15) is 11.8 Å². The normalized spacial score (nSPS) is 22.0. The molecule has 2 rings (SSSR count). The number of aliphatic carboxylic acids is 1. The van der Waals surface area contributed by atoms with Crippen molar-refractivity contribution in [1.29, 1.82) is 0 Å². The lowest BCUT2D eigenvalue weighted by Gasteiger charge is -2.23. The van der Waals surface area contributed by atoms with Crippen LogP contribution in [0.4, 0.5) is 8.78 Å². The minimum Gasteiger partial charge on any atom is -0.480 e. The van der Waals surface area contributed by atoms with Crippen molar-refractivity contribution in [1.82, 2.24) is 4.90 Å². The van der Waals surface area contributed by atoms with Gasteiger partial charge in [0.05, 0.1) is 11.1 Å². The number of carbonyl (C=O) groups excluding carboxylic acids is 1. The van der Waals surface area contributed by atoms with E-state index in [9.17, 15) is 18.4 Å². The molecule has 0 aromatic carbocycles. The largest absolute Gasteiger partial charge is 0.480 e. The zero-order chi connectivity index (χ0) is 15.6. The molecule has 0 radical (unpaired) electrons. The molecule has 1 N–H and O–H groups in total. The third-order valence-corrected chi connectivity index (χ3v) is 4.89. The fourth-order valence-corrected chi connectivity index (χ4v) is 3.60. The SMILES string of the molecule is CC1SCC(C(=O)O)N1C(=O)c1ccc(CSC(F)F)o1. The van der Waals surface area contributed by atoms with Gasteiger partial charge in [-0.2, -0.15) is 8.78 Å². The number of rotatable bonds is 5. The summed E-state index contributed by atoms with van der Waals surface area (Å²) in [6.45, 7) is 1.74. The lowest BCUT2D eigenvalue weighted by Crippen LogP contribution is -2.44. The van der Waals surface area contributed by atoms with E-state index in [1.807, 2.05) is 0 Å². The second kappa shape index (κ2) is 6.69. The number of amides is 1. The predicted molar refractivity (Wildman–Crippen MR) is 75.5 cm³/mol. The molecule has 1 saturated heterocycles. The standard InChI is InChI=1S/C12H13F2NO4S2/c1-6-15(8(5-20-6)11(17)18)10(16)9-3-2-7(19-9)4-21-12(13)14/h2-3,6,8,12H,4-5H2,1H3,(H,17,18). The van der Waals surface area contributed by atoms with Crippen molar-refractivity contribution in [3.8, 4) is 0 Å². The highest BCUT2D eigenvalue weighted by molar-refractivity contribution is 8.00. The smallest absolute Gasteiger partial charge is 0.327 e. The lowest BCUT2D eigenvalue weighted by molar-refractivity contribution is -0.141. The topological polar surface area (TPSA) is 70.8 Å². The Labute approximate surface area is 128 Å². The molecular formula is C12H13F2NO4S2. The van der Waals surface area contributed by atoms with Crippen LogP contribution < -0.4 is 0 Å². The van der Waals surface area contributed by atoms with E-state index in [1.54, 1.807) is 6.92 Å². The van der Waals surface area contributed by atoms with Crippen molar-refractivity contribution in [2.75, 3.05) is 5.75 Å². The van der Waals surface area contributed by atoms with Crippen molar-refractivity contribution in [3.05, 3.63) is 23.7 Å². The lowest BCUT2D eigenvalue weighted by atomic mass is 10.2. The molecule has 1 aliphatic heterocycles. The number of nitrogens with zero attached hydrogens (tertiary/aromatic N) is 1. The van der Waals surface area contributed by atoms with Crippen LogP contribution in [0.5, 0.6) is 0 Å². The summed E-state index contributed by atoms with van der Waals surface area (Å²) in [5, 5.41) is 8.85. The number of halogens is 2. The van der Waals surface area contributed by atoms with Crippen LogP contribution in [0, 0.1) is 0 Å². The number of carbonyl (C=O) groups is 2. The van der Waals surface area contributed by atoms with E-state index in [0.717, 1.165) is 0 Å². The van der Waals surface area contributed by atoms with Crippen LogP contribution in [0.25, 0.3) is 0 Å². The number of hydrogen-bond acceptors (Lipinski definition) is 5. The molecule has 5 nitrogen and oxygen atoms in total. The molecule has 1 fully saturated rings. The maximum absolute atomic E-state index is 12.3. The van der Waals surface area contributed by atoms with Crippen molar-refractivity contribution >= 4 is 35.4 Å². The van der Waals surface area contributed by atoms with Crippen LogP contribution in [0.15, 0.2) is 16.5 Å².